The highest BCUT2D eigenvalue weighted by atomic mass is 35.5. The molecule has 1 aromatic heterocycles. The minimum absolute atomic E-state index is 0. The lowest BCUT2D eigenvalue weighted by atomic mass is 10.3. The first kappa shape index (κ1) is 16.4. The first-order valence-corrected chi connectivity index (χ1v) is 6.27. The predicted molar refractivity (Wildman–Crippen MR) is 74.6 cm³/mol. The second kappa shape index (κ2) is 10.6. The number of unbranched alkanes of at least 4 members (excludes halogenated alkanes) is 1. The fourth-order valence-electron chi connectivity index (χ4n) is 1.73. The van der Waals surface area contributed by atoms with E-state index in [0.717, 1.165) is 31.9 Å². The molecule has 5 heteroatoms. The van der Waals surface area contributed by atoms with Gasteiger partial charge < -0.3 is 15.2 Å². The lowest BCUT2D eigenvalue weighted by Gasteiger charge is -2.17. The highest BCUT2D eigenvalue weighted by molar-refractivity contribution is 5.85. The van der Waals surface area contributed by atoms with Crippen LogP contribution in [0.2, 0.25) is 0 Å². The van der Waals surface area contributed by atoms with Gasteiger partial charge in [0.05, 0.1) is 6.33 Å². The molecule has 0 spiro atoms. The Hall–Kier alpha value is -0.580. The van der Waals surface area contributed by atoms with Crippen LogP contribution in [-0.2, 0) is 6.54 Å². The van der Waals surface area contributed by atoms with Gasteiger partial charge in [-0.15, -0.1) is 12.4 Å². The van der Waals surface area contributed by atoms with E-state index in [9.17, 15) is 0 Å². The standard InChI is InChI=1S/C12H24N4.ClH/c1-3-16(4-2)8-6-5-7-13-9-12-10-14-11-15-12;/h10-11,13H,3-9H2,1-2H3,(H,14,15);1H. The van der Waals surface area contributed by atoms with Crippen molar-refractivity contribution in [2.24, 2.45) is 0 Å². The van der Waals surface area contributed by atoms with Crippen molar-refractivity contribution in [2.75, 3.05) is 26.2 Å². The van der Waals surface area contributed by atoms with E-state index in [1.54, 1.807) is 6.33 Å². The fourth-order valence-corrected chi connectivity index (χ4v) is 1.73. The van der Waals surface area contributed by atoms with E-state index in [0.29, 0.717) is 0 Å². The van der Waals surface area contributed by atoms with Gasteiger partial charge in [0.15, 0.2) is 0 Å². The van der Waals surface area contributed by atoms with Crippen LogP contribution in [0.5, 0.6) is 0 Å². The van der Waals surface area contributed by atoms with E-state index >= 15 is 0 Å². The summed E-state index contributed by atoms with van der Waals surface area (Å²) in [4.78, 5) is 9.53. The van der Waals surface area contributed by atoms with Crippen LogP contribution in [0.25, 0.3) is 0 Å². The van der Waals surface area contributed by atoms with Crippen molar-refractivity contribution in [2.45, 2.75) is 33.2 Å². The second-order valence-corrected chi connectivity index (χ2v) is 3.99. The highest BCUT2D eigenvalue weighted by Crippen LogP contribution is 1.95. The molecule has 0 unspecified atom stereocenters. The Morgan fingerprint density at radius 2 is 2.06 bits per heavy atom. The van der Waals surface area contributed by atoms with Crippen LogP contribution in [0, 0.1) is 0 Å². The minimum Gasteiger partial charge on any atom is -0.347 e. The molecule has 0 saturated heterocycles. The summed E-state index contributed by atoms with van der Waals surface area (Å²) < 4.78 is 0. The number of nitrogens with zero attached hydrogens (tertiary/aromatic N) is 2. The number of imidazole rings is 1. The molecule has 0 amide bonds. The van der Waals surface area contributed by atoms with E-state index in [1.807, 2.05) is 6.20 Å². The predicted octanol–water partition coefficient (Wildman–Crippen LogP) is 2.04. The van der Waals surface area contributed by atoms with Crippen LogP contribution in [0.15, 0.2) is 12.5 Å². The van der Waals surface area contributed by atoms with Gasteiger partial charge in [-0.3, -0.25) is 0 Å². The first-order chi connectivity index (χ1) is 7.86. The molecule has 0 bridgehead atoms. The van der Waals surface area contributed by atoms with Crippen LogP contribution in [0.1, 0.15) is 32.4 Å². The maximum atomic E-state index is 3.98. The zero-order valence-corrected chi connectivity index (χ0v) is 11.7. The Kier molecular flexibility index (Phi) is 10.2. The molecule has 0 radical (unpaired) electrons. The monoisotopic (exact) mass is 260 g/mol. The third-order valence-corrected chi connectivity index (χ3v) is 2.84. The summed E-state index contributed by atoms with van der Waals surface area (Å²) in [6.07, 6.45) is 6.10. The maximum Gasteiger partial charge on any atom is 0.0922 e. The molecule has 2 N–H and O–H groups in total. The summed E-state index contributed by atoms with van der Waals surface area (Å²) in [6.45, 7) is 9.97. The minimum atomic E-state index is 0. The number of aromatic amines is 1. The third-order valence-electron chi connectivity index (χ3n) is 2.84. The van der Waals surface area contributed by atoms with Crippen molar-refractivity contribution >= 4 is 12.4 Å². The van der Waals surface area contributed by atoms with Gasteiger partial charge in [0, 0.05) is 18.4 Å². The van der Waals surface area contributed by atoms with Gasteiger partial charge in [-0.1, -0.05) is 13.8 Å². The molecule has 1 aromatic rings. The smallest absolute Gasteiger partial charge is 0.0922 e. The lowest BCUT2D eigenvalue weighted by molar-refractivity contribution is 0.296. The molecule has 17 heavy (non-hydrogen) atoms. The van der Waals surface area contributed by atoms with Gasteiger partial charge in [0.2, 0.25) is 0 Å². The van der Waals surface area contributed by atoms with E-state index in [4.69, 9.17) is 0 Å². The Bertz CT molecular complexity index is 247. The summed E-state index contributed by atoms with van der Waals surface area (Å²) in [6, 6.07) is 0. The number of rotatable bonds is 9. The van der Waals surface area contributed by atoms with Gasteiger partial charge in [0.1, 0.15) is 0 Å². The number of nitrogens with one attached hydrogen (secondary N) is 2. The van der Waals surface area contributed by atoms with Gasteiger partial charge in [0.25, 0.3) is 0 Å². The number of H-pyrrole nitrogens is 1. The van der Waals surface area contributed by atoms with E-state index in [2.05, 4.69) is 34.0 Å². The third kappa shape index (κ3) is 7.36. The van der Waals surface area contributed by atoms with E-state index in [1.165, 1.54) is 19.4 Å². The average Bonchev–Trinajstić information content (AvgIpc) is 2.81. The van der Waals surface area contributed by atoms with E-state index in [-0.39, 0.29) is 12.4 Å². The van der Waals surface area contributed by atoms with Crippen molar-refractivity contribution in [3.05, 3.63) is 18.2 Å². The van der Waals surface area contributed by atoms with Crippen LogP contribution < -0.4 is 5.32 Å². The summed E-state index contributed by atoms with van der Waals surface area (Å²) in [5, 5.41) is 3.41. The molecule has 0 fully saturated rings. The fraction of sp³-hybridized carbons (Fsp3) is 0.750. The maximum absolute atomic E-state index is 3.98. The zero-order chi connectivity index (χ0) is 11.6. The average molecular weight is 261 g/mol. The Balaban J connectivity index is 0.00000256. The first-order valence-electron chi connectivity index (χ1n) is 6.27. The van der Waals surface area contributed by atoms with Crippen molar-refractivity contribution in [1.82, 2.24) is 20.2 Å². The van der Waals surface area contributed by atoms with Gasteiger partial charge in [-0.25, -0.2) is 4.98 Å². The molecule has 4 nitrogen and oxygen atoms in total. The highest BCUT2D eigenvalue weighted by Gasteiger charge is 1.98. The Labute approximate surface area is 111 Å². The topological polar surface area (TPSA) is 44.0 Å². The molecule has 100 valence electrons. The van der Waals surface area contributed by atoms with Crippen molar-refractivity contribution in [3.8, 4) is 0 Å². The Morgan fingerprint density at radius 1 is 1.29 bits per heavy atom. The summed E-state index contributed by atoms with van der Waals surface area (Å²) in [5.41, 5.74) is 1.16. The van der Waals surface area contributed by atoms with Crippen molar-refractivity contribution < 1.29 is 0 Å². The van der Waals surface area contributed by atoms with Gasteiger partial charge >= 0.3 is 0 Å². The molecular formula is C12H25ClN4. The molecule has 0 atom stereocenters. The van der Waals surface area contributed by atoms with Crippen LogP contribution in [0.4, 0.5) is 0 Å². The molecule has 0 aliphatic heterocycles. The van der Waals surface area contributed by atoms with Crippen LogP contribution >= 0.6 is 12.4 Å². The van der Waals surface area contributed by atoms with Crippen molar-refractivity contribution in [1.29, 1.82) is 0 Å². The summed E-state index contributed by atoms with van der Waals surface area (Å²) in [5.74, 6) is 0. The Morgan fingerprint density at radius 3 is 2.65 bits per heavy atom. The van der Waals surface area contributed by atoms with Gasteiger partial charge in [-0.2, -0.15) is 0 Å². The zero-order valence-electron chi connectivity index (χ0n) is 10.9. The van der Waals surface area contributed by atoms with Crippen molar-refractivity contribution in [3.63, 3.8) is 0 Å². The summed E-state index contributed by atoms with van der Waals surface area (Å²) >= 11 is 0. The number of halogens is 1. The van der Waals surface area contributed by atoms with Gasteiger partial charge in [-0.05, 0) is 39.0 Å². The number of aromatic nitrogens is 2. The summed E-state index contributed by atoms with van der Waals surface area (Å²) in [7, 11) is 0. The molecule has 0 aliphatic carbocycles. The molecular weight excluding hydrogens is 236 g/mol. The lowest BCUT2D eigenvalue weighted by Crippen LogP contribution is -2.25. The van der Waals surface area contributed by atoms with E-state index < -0.39 is 0 Å². The number of hydrogen-bond acceptors (Lipinski definition) is 3. The second-order valence-electron chi connectivity index (χ2n) is 3.99. The SMILES string of the molecule is CCN(CC)CCCCNCc1cnc[nH]1.Cl. The normalized spacial score (nSPS) is 10.5. The molecule has 1 rings (SSSR count). The molecule has 0 aliphatic rings. The number of hydrogen-bond donors (Lipinski definition) is 2. The molecule has 0 saturated carbocycles. The molecule has 0 aromatic carbocycles. The van der Waals surface area contributed by atoms with Crippen LogP contribution in [0.3, 0.4) is 0 Å². The van der Waals surface area contributed by atoms with Crippen LogP contribution in [-0.4, -0.2) is 41.0 Å². The quantitative estimate of drug-likeness (QED) is 0.668. The molecule has 1 heterocycles. The largest absolute Gasteiger partial charge is 0.347 e.